The van der Waals surface area contributed by atoms with Crippen molar-refractivity contribution in [3.8, 4) is 11.5 Å². The summed E-state index contributed by atoms with van der Waals surface area (Å²) in [7, 11) is 0. The van der Waals surface area contributed by atoms with Gasteiger partial charge in [-0.3, -0.25) is 0 Å². The summed E-state index contributed by atoms with van der Waals surface area (Å²) in [5.74, 6) is 1.42. The van der Waals surface area contributed by atoms with Crippen LogP contribution in [0.1, 0.15) is 49.4 Å². The van der Waals surface area contributed by atoms with Crippen LogP contribution in [0.2, 0.25) is 5.02 Å². The molecule has 0 fully saturated rings. The fourth-order valence-corrected chi connectivity index (χ4v) is 4.29. The van der Waals surface area contributed by atoms with E-state index in [0.29, 0.717) is 30.0 Å². The zero-order valence-corrected chi connectivity index (χ0v) is 21.6. The molecule has 6 heteroatoms. The highest BCUT2D eigenvalue weighted by Gasteiger charge is 2.15. The molecule has 0 bridgehead atoms. The second-order valence-electron chi connectivity index (χ2n) is 7.35. The number of halogens is 3. The van der Waals surface area contributed by atoms with Crippen LogP contribution in [0.4, 0.5) is 0 Å². The van der Waals surface area contributed by atoms with Gasteiger partial charge in [0.1, 0.15) is 6.61 Å². The predicted octanol–water partition coefficient (Wildman–Crippen LogP) is 8.13. The van der Waals surface area contributed by atoms with Gasteiger partial charge in [-0.15, -0.1) is 12.4 Å². The largest absolute Gasteiger partial charge is 0.490 e. The number of hydrogen-bond donors (Lipinski definition) is 1. The van der Waals surface area contributed by atoms with E-state index in [4.69, 9.17) is 21.1 Å². The van der Waals surface area contributed by atoms with Crippen LogP contribution in [0.5, 0.6) is 11.5 Å². The van der Waals surface area contributed by atoms with Crippen molar-refractivity contribution in [3.05, 3.63) is 92.9 Å². The highest BCUT2D eigenvalue weighted by Crippen LogP contribution is 2.38. The van der Waals surface area contributed by atoms with E-state index >= 15 is 0 Å². The second kappa shape index (κ2) is 13.7. The zero-order valence-electron chi connectivity index (χ0n) is 18.4. The summed E-state index contributed by atoms with van der Waals surface area (Å²) in [6.07, 6.45) is 2.21. The second-order valence-corrected chi connectivity index (χ2v) is 8.61. The standard InChI is InChI=1S/C26H29BrClNO2.ClH/c1-3-10-24(20-11-6-5-7-12-20)29-17-19-15-22(27)26(25(16-19)30-4-2)31-18-21-13-8-9-14-23(21)28;/h5-9,11-16,24,29H,3-4,10,17-18H2,1-2H3;1H. The van der Waals surface area contributed by atoms with Crippen LogP contribution >= 0.6 is 39.9 Å². The Kier molecular flexibility index (Phi) is 11.4. The summed E-state index contributed by atoms with van der Waals surface area (Å²) in [4.78, 5) is 0. The Labute approximate surface area is 211 Å². The topological polar surface area (TPSA) is 30.5 Å². The Hall–Kier alpha value is -1.72. The van der Waals surface area contributed by atoms with E-state index in [1.807, 2.05) is 31.2 Å². The lowest BCUT2D eigenvalue weighted by molar-refractivity contribution is 0.267. The molecule has 0 heterocycles. The molecule has 3 aromatic carbocycles. The SMILES string of the molecule is CCCC(NCc1cc(Br)c(OCc2ccccc2Cl)c(OCC)c1)c1ccccc1.Cl. The minimum atomic E-state index is 0. The van der Waals surface area contributed by atoms with Gasteiger partial charge in [-0.1, -0.05) is 73.5 Å². The van der Waals surface area contributed by atoms with Crippen LogP contribution in [0, 0.1) is 0 Å². The number of ether oxygens (including phenoxy) is 2. The molecular weight excluding hydrogens is 509 g/mol. The van der Waals surface area contributed by atoms with Crippen molar-refractivity contribution in [1.29, 1.82) is 0 Å². The van der Waals surface area contributed by atoms with Crippen LogP contribution in [0.15, 0.2) is 71.2 Å². The molecule has 1 atom stereocenters. The molecule has 0 aliphatic rings. The van der Waals surface area contributed by atoms with E-state index in [1.54, 1.807) is 0 Å². The van der Waals surface area contributed by atoms with E-state index in [0.717, 1.165) is 40.7 Å². The smallest absolute Gasteiger partial charge is 0.175 e. The van der Waals surface area contributed by atoms with E-state index in [2.05, 4.69) is 70.6 Å². The molecule has 0 spiro atoms. The van der Waals surface area contributed by atoms with Crippen molar-refractivity contribution in [2.75, 3.05) is 6.61 Å². The monoisotopic (exact) mass is 537 g/mol. The number of benzene rings is 3. The lowest BCUT2D eigenvalue weighted by atomic mass is 10.0. The van der Waals surface area contributed by atoms with Crippen molar-refractivity contribution in [2.24, 2.45) is 0 Å². The van der Waals surface area contributed by atoms with Crippen LogP contribution in [-0.4, -0.2) is 6.61 Å². The van der Waals surface area contributed by atoms with Gasteiger partial charge < -0.3 is 14.8 Å². The van der Waals surface area contributed by atoms with Gasteiger partial charge in [0.25, 0.3) is 0 Å². The Morgan fingerprint density at radius 1 is 0.969 bits per heavy atom. The molecule has 0 amide bonds. The molecule has 1 N–H and O–H groups in total. The van der Waals surface area contributed by atoms with Gasteiger partial charge >= 0.3 is 0 Å². The Bertz CT molecular complexity index is 969. The lowest BCUT2D eigenvalue weighted by Gasteiger charge is -2.20. The Morgan fingerprint density at radius 3 is 2.38 bits per heavy atom. The third-order valence-electron chi connectivity index (χ3n) is 5.03. The third kappa shape index (κ3) is 7.41. The summed E-state index contributed by atoms with van der Waals surface area (Å²) in [6, 6.07) is 22.8. The molecule has 0 radical (unpaired) electrons. The minimum absolute atomic E-state index is 0. The molecule has 32 heavy (non-hydrogen) atoms. The quantitative estimate of drug-likeness (QED) is 0.267. The lowest BCUT2D eigenvalue weighted by Crippen LogP contribution is -2.21. The molecule has 1 unspecified atom stereocenters. The summed E-state index contributed by atoms with van der Waals surface area (Å²) < 4.78 is 12.9. The average molecular weight is 539 g/mol. The Morgan fingerprint density at radius 2 is 1.69 bits per heavy atom. The minimum Gasteiger partial charge on any atom is -0.490 e. The maximum atomic E-state index is 6.27. The van der Waals surface area contributed by atoms with Crippen molar-refractivity contribution in [2.45, 2.75) is 45.9 Å². The van der Waals surface area contributed by atoms with E-state index in [9.17, 15) is 0 Å². The molecule has 0 saturated heterocycles. The molecular formula is C26H30BrCl2NO2. The first-order valence-corrected chi connectivity index (χ1v) is 11.9. The number of hydrogen-bond acceptors (Lipinski definition) is 3. The Balaban J connectivity index is 0.00000363. The molecule has 172 valence electrons. The predicted molar refractivity (Wildman–Crippen MR) is 139 cm³/mol. The number of rotatable bonds is 11. The van der Waals surface area contributed by atoms with Crippen LogP contribution in [0.25, 0.3) is 0 Å². The fraction of sp³-hybridized carbons (Fsp3) is 0.308. The summed E-state index contributed by atoms with van der Waals surface area (Å²) in [5.41, 5.74) is 3.39. The molecule has 0 aliphatic carbocycles. The normalized spacial score (nSPS) is 11.5. The summed E-state index contributed by atoms with van der Waals surface area (Å²) in [5, 5.41) is 4.39. The first-order valence-electron chi connectivity index (χ1n) is 10.7. The molecule has 3 nitrogen and oxygen atoms in total. The van der Waals surface area contributed by atoms with Gasteiger partial charge in [0.2, 0.25) is 0 Å². The number of nitrogens with one attached hydrogen (secondary N) is 1. The third-order valence-corrected chi connectivity index (χ3v) is 5.99. The summed E-state index contributed by atoms with van der Waals surface area (Å²) >= 11 is 9.95. The van der Waals surface area contributed by atoms with Gasteiger partial charge in [0.15, 0.2) is 11.5 Å². The van der Waals surface area contributed by atoms with Gasteiger partial charge in [-0.05, 0) is 58.6 Å². The fourth-order valence-electron chi connectivity index (χ4n) is 3.49. The van der Waals surface area contributed by atoms with Crippen molar-refractivity contribution in [1.82, 2.24) is 5.32 Å². The zero-order chi connectivity index (χ0) is 22.1. The molecule has 0 aliphatic heterocycles. The first kappa shape index (κ1) is 26.5. The van der Waals surface area contributed by atoms with Gasteiger partial charge in [-0.25, -0.2) is 0 Å². The summed E-state index contributed by atoms with van der Waals surface area (Å²) in [6.45, 7) is 5.87. The molecule has 0 saturated carbocycles. The van der Waals surface area contributed by atoms with Crippen molar-refractivity contribution in [3.63, 3.8) is 0 Å². The van der Waals surface area contributed by atoms with Crippen LogP contribution in [-0.2, 0) is 13.2 Å². The van der Waals surface area contributed by atoms with E-state index in [1.165, 1.54) is 5.56 Å². The van der Waals surface area contributed by atoms with Gasteiger partial charge in [-0.2, -0.15) is 0 Å². The van der Waals surface area contributed by atoms with Crippen LogP contribution in [0.3, 0.4) is 0 Å². The molecule has 0 aromatic heterocycles. The molecule has 3 rings (SSSR count). The first-order chi connectivity index (χ1) is 15.1. The van der Waals surface area contributed by atoms with Gasteiger partial charge in [0, 0.05) is 23.2 Å². The maximum Gasteiger partial charge on any atom is 0.175 e. The average Bonchev–Trinajstić information content (AvgIpc) is 2.78. The molecule has 3 aromatic rings. The highest BCUT2D eigenvalue weighted by atomic mass is 79.9. The van der Waals surface area contributed by atoms with Gasteiger partial charge in [0.05, 0.1) is 11.1 Å². The van der Waals surface area contributed by atoms with E-state index in [-0.39, 0.29) is 12.4 Å². The van der Waals surface area contributed by atoms with Crippen molar-refractivity contribution >= 4 is 39.9 Å². The van der Waals surface area contributed by atoms with Crippen molar-refractivity contribution < 1.29 is 9.47 Å². The van der Waals surface area contributed by atoms with E-state index < -0.39 is 0 Å². The maximum absolute atomic E-state index is 6.27. The highest BCUT2D eigenvalue weighted by molar-refractivity contribution is 9.10. The van der Waals surface area contributed by atoms with Crippen LogP contribution < -0.4 is 14.8 Å².